The van der Waals surface area contributed by atoms with Gasteiger partial charge in [0.25, 0.3) is 0 Å². The Labute approximate surface area is 260 Å². The lowest BCUT2D eigenvalue weighted by Crippen LogP contribution is -2.59. The van der Waals surface area contributed by atoms with Gasteiger partial charge in [0.05, 0.1) is 19.4 Å². The largest absolute Gasteiger partial charge is 0.480 e. The minimum Gasteiger partial charge on any atom is -0.480 e. The Balaban J connectivity index is 2.50. The van der Waals surface area contributed by atoms with Crippen molar-refractivity contribution in [2.24, 2.45) is 0 Å². The number of nitrogens with one attached hydrogen (secondary N) is 2. The number of amides is 4. The maximum Gasteiger partial charge on any atom is 0.357 e. The third-order valence-electron chi connectivity index (χ3n) is 7.49. The molecule has 1 fully saturated rings. The van der Waals surface area contributed by atoms with Crippen molar-refractivity contribution >= 4 is 41.5 Å². The number of carbonyl (C=O) groups excluding carboxylic acids is 4. The molecule has 0 spiro atoms. The summed E-state index contributed by atoms with van der Waals surface area (Å²) >= 11 is 0. The van der Waals surface area contributed by atoms with Crippen molar-refractivity contribution < 1.29 is 64.3 Å². The van der Waals surface area contributed by atoms with Crippen LogP contribution in [0.25, 0.3) is 0 Å². The quantitative estimate of drug-likeness (QED) is 0.0406. The molecule has 0 aliphatic carbocycles. The minimum absolute atomic E-state index is 0.0724. The van der Waals surface area contributed by atoms with Gasteiger partial charge in [-0.15, -0.1) is 0 Å². The molecule has 3 atom stereocenters. The van der Waals surface area contributed by atoms with Gasteiger partial charge in [0.1, 0.15) is 6.04 Å². The molecule has 17 nitrogen and oxygen atoms in total. The van der Waals surface area contributed by atoms with E-state index >= 15 is 0 Å². The molecule has 1 rings (SSSR count). The average Bonchev–Trinajstić information content (AvgIpc) is 3.27. The molecule has 1 aliphatic rings. The number of carbonyl (C=O) groups is 7. The van der Waals surface area contributed by atoms with Crippen molar-refractivity contribution in [3.05, 3.63) is 0 Å². The molecular weight excluding hydrogens is 600 g/mol. The van der Waals surface area contributed by atoms with Gasteiger partial charge in [0.2, 0.25) is 29.4 Å². The highest BCUT2D eigenvalue weighted by molar-refractivity contribution is 5.93. The number of aliphatic hydroxyl groups is 2. The van der Waals surface area contributed by atoms with E-state index in [-0.39, 0.29) is 25.9 Å². The van der Waals surface area contributed by atoms with E-state index in [0.717, 1.165) is 32.1 Å². The average molecular weight is 647 g/mol. The molecule has 256 valence electrons. The fourth-order valence-corrected chi connectivity index (χ4v) is 4.90. The van der Waals surface area contributed by atoms with Gasteiger partial charge in [0.15, 0.2) is 5.60 Å². The summed E-state index contributed by atoms with van der Waals surface area (Å²) in [7, 11) is 0. The smallest absolute Gasteiger partial charge is 0.357 e. The van der Waals surface area contributed by atoms with Crippen molar-refractivity contribution in [2.75, 3.05) is 19.6 Å². The van der Waals surface area contributed by atoms with Gasteiger partial charge in [-0.3, -0.25) is 29.3 Å². The first-order valence-electron chi connectivity index (χ1n) is 15.1. The van der Waals surface area contributed by atoms with Gasteiger partial charge in [-0.2, -0.15) is 0 Å². The van der Waals surface area contributed by atoms with Crippen LogP contribution in [0.5, 0.6) is 0 Å². The van der Waals surface area contributed by atoms with Crippen LogP contribution in [0.15, 0.2) is 0 Å². The molecule has 1 heterocycles. The number of hydrogen-bond acceptors (Lipinski definition) is 10. The second-order valence-corrected chi connectivity index (χ2v) is 11.2. The summed E-state index contributed by atoms with van der Waals surface area (Å²) in [5.74, 6) is -8.77. The van der Waals surface area contributed by atoms with E-state index in [1.165, 1.54) is 6.42 Å². The van der Waals surface area contributed by atoms with Crippen LogP contribution in [-0.4, -0.2) is 119 Å². The van der Waals surface area contributed by atoms with E-state index in [1.807, 2.05) is 0 Å². The lowest BCUT2D eigenvalue weighted by molar-refractivity contribution is -0.188. The van der Waals surface area contributed by atoms with Gasteiger partial charge in [-0.05, 0) is 19.3 Å². The number of carboxylic acids is 3. The Morgan fingerprint density at radius 3 is 2.00 bits per heavy atom. The Morgan fingerprint density at radius 1 is 0.911 bits per heavy atom. The summed E-state index contributed by atoms with van der Waals surface area (Å²) in [6.07, 6.45) is 3.78. The van der Waals surface area contributed by atoms with E-state index in [9.17, 15) is 64.3 Å². The van der Waals surface area contributed by atoms with Gasteiger partial charge < -0.3 is 36.2 Å². The fraction of sp³-hybridized carbons (Fsp3) is 0.750. The molecule has 0 saturated carbocycles. The third kappa shape index (κ3) is 12.6. The van der Waals surface area contributed by atoms with E-state index in [4.69, 9.17) is 0 Å². The van der Waals surface area contributed by atoms with Crippen molar-refractivity contribution in [3.63, 3.8) is 0 Å². The monoisotopic (exact) mass is 646 g/mol. The highest BCUT2D eigenvalue weighted by atomic mass is 16.5. The van der Waals surface area contributed by atoms with Crippen LogP contribution in [0, 0.1) is 0 Å². The lowest BCUT2D eigenvalue weighted by atomic mass is 9.94. The Hall–Kier alpha value is -3.83. The topological polar surface area (TPSA) is 271 Å². The first-order valence-corrected chi connectivity index (χ1v) is 15.1. The molecule has 0 aromatic rings. The molecule has 0 bridgehead atoms. The number of rotatable bonds is 23. The van der Waals surface area contributed by atoms with Crippen LogP contribution in [0.2, 0.25) is 0 Å². The summed E-state index contributed by atoms with van der Waals surface area (Å²) in [6, 6.07) is -1.84. The minimum atomic E-state index is -2.84. The summed E-state index contributed by atoms with van der Waals surface area (Å²) in [5.41, 5.74) is -5.59. The predicted octanol–water partition coefficient (Wildman–Crippen LogP) is -0.198. The zero-order valence-corrected chi connectivity index (χ0v) is 25.5. The molecule has 0 radical (unpaired) electrons. The first kappa shape index (κ1) is 39.2. The van der Waals surface area contributed by atoms with Crippen LogP contribution in [0.3, 0.4) is 0 Å². The molecule has 3 unspecified atom stereocenters. The van der Waals surface area contributed by atoms with E-state index in [1.54, 1.807) is 0 Å². The number of likely N-dealkylation sites (tertiary alicyclic amines) is 1. The Morgan fingerprint density at radius 2 is 1.47 bits per heavy atom. The lowest BCUT2D eigenvalue weighted by Gasteiger charge is -2.34. The molecule has 1 aliphatic heterocycles. The number of carboxylic acid groups (broad SMARTS) is 3. The molecule has 0 aromatic carbocycles. The van der Waals surface area contributed by atoms with Crippen LogP contribution in [0.1, 0.15) is 96.8 Å². The van der Waals surface area contributed by atoms with Gasteiger partial charge in [-0.1, -0.05) is 45.4 Å². The highest BCUT2D eigenvalue weighted by Crippen LogP contribution is 2.31. The van der Waals surface area contributed by atoms with Crippen molar-refractivity contribution in [3.8, 4) is 0 Å². The molecule has 1 saturated heterocycles. The molecule has 0 aromatic heterocycles. The highest BCUT2D eigenvalue weighted by Gasteiger charge is 2.54. The normalized spacial score (nSPS) is 18.1. The van der Waals surface area contributed by atoms with Crippen molar-refractivity contribution in [1.29, 1.82) is 0 Å². The van der Waals surface area contributed by atoms with Gasteiger partial charge in [0, 0.05) is 32.4 Å². The number of aliphatic carboxylic acids is 3. The molecule has 17 heteroatoms. The van der Waals surface area contributed by atoms with E-state index < -0.39 is 97.6 Å². The predicted molar refractivity (Wildman–Crippen MR) is 153 cm³/mol. The molecule has 45 heavy (non-hydrogen) atoms. The van der Waals surface area contributed by atoms with Crippen LogP contribution in [-0.2, 0) is 33.6 Å². The van der Waals surface area contributed by atoms with Crippen LogP contribution in [0.4, 0.5) is 0 Å². The number of hydrogen-bond donors (Lipinski definition) is 8. The fourth-order valence-electron chi connectivity index (χ4n) is 4.90. The van der Waals surface area contributed by atoms with Gasteiger partial charge in [-0.25, -0.2) is 19.4 Å². The SMILES string of the molecule is CCCCCCCCCC(=O)N(O)CCCNC(=O)CC(O)(CC(=O)NCCC(C(=O)O)N1C(=O)CCC1(O)C(=O)O)C(=O)O. The van der Waals surface area contributed by atoms with E-state index in [2.05, 4.69) is 17.6 Å². The molecular formula is C28H46N4O13. The summed E-state index contributed by atoms with van der Waals surface area (Å²) in [6.45, 7) is 1.45. The standard InChI is InChI=1S/C28H46N4O13/c1-2-3-4-5-6-7-8-10-22(35)31(45)16-9-14-29-20(33)17-27(43,25(39)40)18-21(34)30-15-12-19(24(37)38)32-23(36)11-13-28(32,44)26(41)42/h19,43-45H,2-18H2,1H3,(H,29,33)(H,30,34)(H,37,38)(H,39,40)(H,41,42). The Bertz CT molecular complexity index is 1070. The third-order valence-corrected chi connectivity index (χ3v) is 7.49. The number of hydroxylamine groups is 2. The van der Waals surface area contributed by atoms with Crippen molar-refractivity contribution in [1.82, 2.24) is 20.6 Å². The number of unbranched alkanes of at least 4 members (excludes halogenated alkanes) is 6. The van der Waals surface area contributed by atoms with Crippen molar-refractivity contribution in [2.45, 2.75) is 114 Å². The molecule has 4 amide bonds. The second-order valence-electron chi connectivity index (χ2n) is 11.2. The van der Waals surface area contributed by atoms with E-state index in [0.29, 0.717) is 16.4 Å². The zero-order valence-electron chi connectivity index (χ0n) is 25.5. The number of nitrogens with zero attached hydrogens (tertiary/aromatic N) is 2. The zero-order chi connectivity index (χ0) is 34.2. The molecule has 8 N–H and O–H groups in total. The van der Waals surface area contributed by atoms with Crippen LogP contribution < -0.4 is 10.6 Å². The Kier molecular flexibility index (Phi) is 16.4. The summed E-state index contributed by atoms with van der Waals surface area (Å²) in [4.78, 5) is 84.0. The first-order chi connectivity index (χ1) is 21.1. The van der Waals surface area contributed by atoms with Gasteiger partial charge >= 0.3 is 17.9 Å². The summed E-state index contributed by atoms with van der Waals surface area (Å²) in [5, 5.41) is 64.0. The summed E-state index contributed by atoms with van der Waals surface area (Å²) < 4.78 is 0. The maximum atomic E-state index is 12.4. The van der Waals surface area contributed by atoms with Crippen LogP contribution >= 0.6 is 0 Å². The maximum absolute atomic E-state index is 12.4. The second kappa shape index (κ2) is 18.9.